The number of hydrogen-bond acceptors (Lipinski definition) is 3. The van der Waals surface area contributed by atoms with Gasteiger partial charge in [-0.05, 0) is 31.0 Å². The predicted octanol–water partition coefficient (Wildman–Crippen LogP) is 2.76. The van der Waals surface area contributed by atoms with E-state index in [1.807, 2.05) is 0 Å². The third-order valence-electron chi connectivity index (χ3n) is 3.39. The van der Waals surface area contributed by atoms with Gasteiger partial charge in [0.25, 0.3) is 0 Å². The molecular weight excluding hydrogens is 280 g/mol. The summed E-state index contributed by atoms with van der Waals surface area (Å²) in [6.45, 7) is 1.10. The first-order valence-electron chi connectivity index (χ1n) is 6.49. The fourth-order valence-corrected chi connectivity index (χ4v) is 2.44. The standard InChI is InChI=1S/C14H17ClN2O3/c1-20-13(18)10-5-7-17(8-6-10)14(19)16-12-4-2-3-11(15)9-12/h2-4,9-10H,5-8H2,1H3,(H,16,19). The third-order valence-corrected chi connectivity index (χ3v) is 3.63. The van der Waals surface area contributed by atoms with E-state index in [0.717, 1.165) is 0 Å². The highest BCUT2D eigenvalue weighted by molar-refractivity contribution is 6.30. The zero-order valence-electron chi connectivity index (χ0n) is 11.3. The maximum absolute atomic E-state index is 12.1. The van der Waals surface area contributed by atoms with Crippen LogP contribution < -0.4 is 5.32 Å². The second-order valence-electron chi connectivity index (χ2n) is 4.72. The Labute approximate surface area is 122 Å². The summed E-state index contributed by atoms with van der Waals surface area (Å²) in [5, 5.41) is 3.37. The molecule has 2 amide bonds. The smallest absolute Gasteiger partial charge is 0.321 e. The fraction of sp³-hybridized carbons (Fsp3) is 0.429. The van der Waals surface area contributed by atoms with Crippen LogP contribution in [-0.4, -0.2) is 37.1 Å². The molecule has 5 nitrogen and oxygen atoms in total. The molecule has 1 heterocycles. The maximum atomic E-state index is 12.1. The number of hydrogen-bond donors (Lipinski definition) is 1. The number of rotatable bonds is 2. The molecule has 0 bridgehead atoms. The van der Waals surface area contributed by atoms with Crippen LogP contribution in [0.1, 0.15) is 12.8 Å². The Morgan fingerprint density at radius 2 is 2.05 bits per heavy atom. The molecule has 0 atom stereocenters. The van der Waals surface area contributed by atoms with Crippen LogP contribution in [0.5, 0.6) is 0 Å². The minimum Gasteiger partial charge on any atom is -0.469 e. The summed E-state index contributed by atoms with van der Waals surface area (Å²) < 4.78 is 4.72. The molecule has 6 heteroatoms. The molecule has 0 unspecified atom stereocenters. The number of carbonyl (C=O) groups excluding carboxylic acids is 2. The van der Waals surface area contributed by atoms with E-state index in [0.29, 0.717) is 36.6 Å². The van der Waals surface area contributed by atoms with E-state index in [4.69, 9.17) is 16.3 Å². The minimum atomic E-state index is -0.195. The van der Waals surface area contributed by atoms with Crippen molar-refractivity contribution in [3.8, 4) is 0 Å². The van der Waals surface area contributed by atoms with Gasteiger partial charge in [0.15, 0.2) is 0 Å². The first kappa shape index (κ1) is 14.7. The van der Waals surface area contributed by atoms with Crippen molar-refractivity contribution in [2.24, 2.45) is 5.92 Å². The van der Waals surface area contributed by atoms with Crippen molar-refractivity contribution >= 4 is 29.3 Å². The van der Waals surface area contributed by atoms with E-state index >= 15 is 0 Å². The number of piperidine rings is 1. The summed E-state index contributed by atoms with van der Waals surface area (Å²) in [6, 6.07) is 6.84. The Balaban J connectivity index is 1.87. The Morgan fingerprint density at radius 1 is 1.35 bits per heavy atom. The Bertz CT molecular complexity index is 499. The Morgan fingerprint density at radius 3 is 2.65 bits per heavy atom. The number of ether oxygens (including phenoxy) is 1. The molecule has 0 saturated carbocycles. The number of carbonyl (C=O) groups is 2. The SMILES string of the molecule is COC(=O)C1CCN(C(=O)Nc2cccc(Cl)c2)CC1. The van der Waals surface area contributed by atoms with Crippen LogP contribution in [-0.2, 0) is 9.53 Å². The van der Waals surface area contributed by atoms with E-state index in [1.165, 1.54) is 7.11 Å². The zero-order chi connectivity index (χ0) is 14.5. The Hall–Kier alpha value is -1.75. The van der Waals surface area contributed by atoms with Crippen molar-refractivity contribution < 1.29 is 14.3 Å². The molecule has 1 aliphatic heterocycles. The van der Waals surface area contributed by atoms with Crippen molar-refractivity contribution in [1.29, 1.82) is 0 Å². The number of anilines is 1. The van der Waals surface area contributed by atoms with Crippen molar-refractivity contribution in [2.75, 3.05) is 25.5 Å². The van der Waals surface area contributed by atoms with Crippen LogP contribution in [0.4, 0.5) is 10.5 Å². The highest BCUT2D eigenvalue weighted by Crippen LogP contribution is 2.20. The normalized spacial score (nSPS) is 15.8. The molecule has 1 N–H and O–H groups in total. The van der Waals surface area contributed by atoms with Crippen molar-refractivity contribution in [3.63, 3.8) is 0 Å². The van der Waals surface area contributed by atoms with Crippen LogP contribution in [0.25, 0.3) is 0 Å². The molecule has 1 aromatic carbocycles. The molecule has 1 aromatic rings. The molecule has 1 fully saturated rings. The lowest BCUT2D eigenvalue weighted by Crippen LogP contribution is -2.42. The second-order valence-corrected chi connectivity index (χ2v) is 5.16. The lowest BCUT2D eigenvalue weighted by atomic mass is 9.97. The maximum Gasteiger partial charge on any atom is 0.321 e. The molecule has 0 aliphatic carbocycles. The quantitative estimate of drug-likeness (QED) is 0.854. The van der Waals surface area contributed by atoms with Gasteiger partial charge in [0, 0.05) is 23.8 Å². The van der Waals surface area contributed by atoms with E-state index in [-0.39, 0.29) is 17.9 Å². The molecule has 0 aromatic heterocycles. The number of amides is 2. The minimum absolute atomic E-state index is 0.102. The van der Waals surface area contributed by atoms with Crippen molar-refractivity contribution in [2.45, 2.75) is 12.8 Å². The number of methoxy groups -OCH3 is 1. The molecule has 0 spiro atoms. The molecule has 20 heavy (non-hydrogen) atoms. The number of urea groups is 1. The molecule has 108 valence electrons. The van der Waals surface area contributed by atoms with Gasteiger partial charge in [-0.15, -0.1) is 0 Å². The summed E-state index contributed by atoms with van der Waals surface area (Å²) in [7, 11) is 1.39. The number of nitrogens with zero attached hydrogens (tertiary/aromatic N) is 1. The van der Waals surface area contributed by atoms with Crippen LogP contribution in [0.2, 0.25) is 5.02 Å². The summed E-state index contributed by atoms with van der Waals surface area (Å²) >= 11 is 5.87. The first-order valence-corrected chi connectivity index (χ1v) is 6.87. The highest BCUT2D eigenvalue weighted by atomic mass is 35.5. The van der Waals surface area contributed by atoms with Crippen LogP contribution in [0.15, 0.2) is 24.3 Å². The van der Waals surface area contributed by atoms with Crippen LogP contribution in [0, 0.1) is 5.92 Å². The van der Waals surface area contributed by atoms with Gasteiger partial charge in [-0.3, -0.25) is 4.79 Å². The summed E-state index contributed by atoms with van der Waals surface area (Å²) in [4.78, 5) is 25.2. The molecule has 0 radical (unpaired) electrons. The monoisotopic (exact) mass is 296 g/mol. The van der Waals surface area contributed by atoms with Crippen molar-refractivity contribution in [1.82, 2.24) is 4.90 Å². The summed E-state index contributed by atoms with van der Waals surface area (Å²) in [5.41, 5.74) is 0.664. The molecule has 1 saturated heterocycles. The number of nitrogens with one attached hydrogen (secondary N) is 1. The number of likely N-dealkylation sites (tertiary alicyclic amines) is 1. The van der Waals surface area contributed by atoms with Gasteiger partial charge in [0.2, 0.25) is 0 Å². The second kappa shape index (κ2) is 6.61. The largest absolute Gasteiger partial charge is 0.469 e. The van der Waals surface area contributed by atoms with Crippen molar-refractivity contribution in [3.05, 3.63) is 29.3 Å². The van der Waals surface area contributed by atoms with E-state index in [2.05, 4.69) is 5.32 Å². The van der Waals surface area contributed by atoms with E-state index < -0.39 is 0 Å². The van der Waals surface area contributed by atoms with Crippen LogP contribution >= 0.6 is 11.6 Å². The van der Waals surface area contributed by atoms with E-state index in [9.17, 15) is 9.59 Å². The topological polar surface area (TPSA) is 58.6 Å². The number of esters is 1. The molecule has 1 aliphatic rings. The highest BCUT2D eigenvalue weighted by Gasteiger charge is 2.27. The van der Waals surface area contributed by atoms with Gasteiger partial charge in [0.05, 0.1) is 13.0 Å². The molecule has 2 rings (SSSR count). The van der Waals surface area contributed by atoms with Gasteiger partial charge in [-0.1, -0.05) is 17.7 Å². The molecular formula is C14H17ClN2O3. The summed E-state index contributed by atoms with van der Waals surface area (Å²) in [5.74, 6) is -0.296. The fourth-order valence-electron chi connectivity index (χ4n) is 2.25. The zero-order valence-corrected chi connectivity index (χ0v) is 12.0. The average molecular weight is 297 g/mol. The lowest BCUT2D eigenvalue weighted by molar-refractivity contribution is -0.146. The van der Waals surface area contributed by atoms with Gasteiger partial charge in [-0.2, -0.15) is 0 Å². The van der Waals surface area contributed by atoms with E-state index in [1.54, 1.807) is 29.2 Å². The number of halogens is 1. The lowest BCUT2D eigenvalue weighted by Gasteiger charge is -2.30. The predicted molar refractivity (Wildman–Crippen MR) is 76.8 cm³/mol. The first-order chi connectivity index (χ1) is 9.60. The average Bonchev–Trinajstić information content (AvgIpc) is 2.46. The van der Waals surface area contributed by atoms with Gasteiger partial charge in [0.1, 0.15) is 0 Å². The Kier molecular flexibility index (Phi) is 4.84. The van der Waals surface area contributed by atoms with Gasteiger partial charge in [-0.25, -0.2) is 4.79 Å². The van der Waals surface area contributed by atoms with Gasteiger partial charge >= 0.3 is 12.0 Å². The third kappa shape index (κ3) is 3.63. The number of benzene rings is 1. The van der Waals surface area contributed by atoms with Crippen LogP contribution in [0.3, 0.4) is 0 Å². The summed E-state index contributed by atoms with van der Waals surface area (Å²) in [6.07, 6.45) is 1.27. The van der Waals surface area contributed by atoms with Gasteiger partial charge < -0.3 is 15.0 Å².